The molecule has 2 aromatic rings. The summed E-state index contributed by atoms with van der Waals surface area (Å²) in [6, 6.07) is 5.62. The van der Waals surface area contributed by atoms with Crippen molar-refractivity contribution in [3.63, 3.8) is 0 Å². The summed E-state index contributed by atoms with van der Waals surface area (Å²) in [5.74, 6) is 1.46. The molecule has 5 nitrogen and oxygen atoms in total. The normalized spacial score (nSPS) is 13.0. The lowest BCUT2D eigenvalue weighted by Gasteiger charge is -2.18. The lowest BCUT2D eigenvalue weighted by atomic mass is 10.1. The van der Waals surface area contributed by atoms with Gasteiger partial charge < -0.3 is 14.8 Å². The van der Waals surface area contributed by atoms with E-state index >= 15 is 0 Å². The number of hydrogen-bond donors (Lipinski definition) is 1. The number of nitrogens with one attached hydrogen (secondary N) is 1. The number of amides is 1. The van der Waals surface area contributed by atoms with Crippen LogP contribution in [0.15, 0.2) is 29.1 Å². The standard InChI is InChI=1S/C15H16N2O3S/c18-15(16-4-3-12-9-21-10-17-12)8-11-1-2-13-14(7-11)20-6-5-19-13/h1-2,7,9-10H,3-6,8H2,(H,16,18). The lowest BCUT2D eigenvalue weighted by molar-refractivity contribution is -0.120. The van der Waals surface area contributed by atoms with Crippen molar-refractivity contribution in [1.29, 1.82) is 0 Å². The fourth-order valence-electron chi connectivity index (χ4n) is 2.14. The Morgan fingerprint density at radius 1 is 1.29 bits per heavy atom. The molecule has 0 radical (unpaired) electrons. The second-order valence-corrected chi connectivity index (χ2v) is 5.45. The van der Waals surface area contributed by atoms with Gasteiger partial charge in [0.05, 0.1) is 17.6 Å². The third kappa shape index (κ3) is 3.72. The topological polar surface area (TPSA) is 60.5 Å². The van der Waals surface area contributed by atoms with Crippen LogP contribution < -0.4 is 14.8 Å². The van der Waals surface area contributed by atoms with Gasteiger partial charge in [0.15, 0.2) is 11.5 Å². The molecule has 110 valence electrons. The Hall–Kier alpha value is -2.08. The summed E-state index contributed by atoms with van der Waals surface area (Å²) >= 11 is 1.56. The zero-order valence-electron chi connectivity index (χ0n) is 11.5. The van der Waals surface area contributed by atoms with E-state index in [2.05, 4.69) is 10.3 Å². The van der Waals surface area contributed by atoms with E-state index in [1.807, 2.05) is 23.6 Å². The van der Waals surface area contributed by atoms with Crippen LogP contribution in [-0.2, 0) is 17.6 Å². The molecule has 3 rings (SSSR count). The number of rotatable bonds is 5. The zero-order chi connectivity index (χ0) is 14.5. The second kappa shape index (κ2) is 6.58. The minimum absolute atomic E-state index is 0.00177. The number of carbonyl (C=O) groups excluding carboxylic acids is 1. The molecule has 2 heterocycles. The van der Waals surface area contributed by atoms with Crippen LogP contribution in [0.1, 0.15) is 11.3 Å². The van der Waals surface area contributed by atoms with E-state index in [4.69, 9.17) is 9.47 Å². The van der Waals surface area contributed by atoms with Gasteiger partial charge in [-0.3, -0.25) is 4.79 Å². The fraction of sp³-hybridized carbons (Fsp3) is 0.333. The smallest absolute Gasteiger partial charge is 0.224 e. The van der Waals surface area contributed by atoms with Crippen LogP contribution in [0.2, 0.25) is 0 Å². The van der Waals surface area contributed by atoms with Gasteiger partial charge >= 0.3 is 0 Å². The summed E-state index contributed by atoms with van der Waals surface area (Å²) in [4.78, 5) is 16.1. The Morgan fingerprint density at radius 3 is 2.95 bits per heavy atom. The van der Waals surface area contributed by atoms with Crippen molar-refractivity contribution in [3.05, 3.63) is 40.3 Å². The first-order chi connectivity index (χ1) is 10.3. The minimum atomic E-state index is 0.00177. The number of benzene rings is 1. The first kappa shape index (κ1) is 13.9. The Morgan fingerprint density at radius 2 is 2.14 bits per heavy atom. The molecule has 1 aromatic heterocycles. The fourth-order valence-corrected chi connectivity index (χ4v) is 2.73. The van der Waals surface area contributed by atoms with Crippen molar-refractivity contribution < 1.29 is 14.3 Å². The molecular weight excluding hydrogens is 288 g/mol. The average Bonchev–Trinajstić information content (AvgIpc) is 3.00. The van der Waals surface area contributed by atoms with E-state index < -0.39 is 0 Å². The van der Waals surface area contributed by atoms with E-state index in [0.717, 1.165) is 23.4 Å². The molecule has 0 unspecified atom stereocenters. The van der Waals surface area contributed by atoms with E-state index in [1.54, 1.807) is 16.8 Å². The summed E-state index contributed by atoms with van der Waals surface area (Å²) in [5, 5.41) is 4.90. The van der Waals surface area contributed by atoms with Crippen LogP contribution in [0.5, 0.6) is 11.5 Å². The van der Waals surface area contributed by atoms with Gasteiger partial charge in [0.2, 0.25) is 5.91 Å². The molecule has 1 amide bonds. The minimum Gasteiger partial charge on any atom is -0.486 e. The molecule has 0 fully saturated rings. The maximum Gasteiger partial charge on any atom is 0.224 e. The summed E-state index contributed by atoms with van der Waals surface area (Å²) in [7, 11) is 0. The Labute approximate surface area is 126 Å². The van der Waals surface area contributed by atoms with Crippen LogP contribution in [0.3, 0.4) is 0 Å². The van der Waals surface area contributed by atoms with Gasteiger partial charge in [-0.05, 0) is 17.7 Å². The number of ether oxygens (including phenoxy) is 2. The van der Waals surface area contributed by atoms with Crippen molar-refractivity contribution in [3.8, 4) is 11.5 Å². The monoisotopic (exact) mass is 304 g/mol. The van der Waals surface area contributed by atoms with E-state index in [-0.39, 0.29) is 5.91 Å². The molecule has 1 aromatic carbocycles. The van der Waals surface area contributed by atoms with Crippen LogP contribution in [0.25, 0.3) is 0 Å². The molecule has 0 aliphatic carbocycles. The lowest BCUT2D eigenvalue weighted by Crippen LogP contribution is -2.27. The Bertz CT molecular complexity index is 613. The van der Waals surface area contributed by atoms with Gasteiger partial charge in [0.1, 0.15) is 13.2 Å². The quantitative estimate of drug-likeness (QED) is 0.915. The van der Waals surface area contributed by atoms with Crippen molar-refractivity contribution in [2.24, 2.45) is 0 Å². The number of nitrogens with zero attached hydrogens (tertiary/aromatic N) is 1. The van der Waals surface area contributed by atoms with Gasteiger partial charge in [-0.25, -0.2) is 4.98 Å². The molecule has 1 aliphatic rings. The van der Waals surface area contributed by atoms with E-state index in [9.17, 15) is 4.79 Å². The van der Waals surface area contributed by atoms with Crippen molar-refractivity contribution >= 4 is 17.2 Å². The highest BCUT2D eigenvalue weighted by atomic mass is 32.1. The number of hydrogen-bond acceptors (Lipinski definition) is 5. The van der Waals surface area contributed by atoms with Gasteiger partial charge in [-0.1, -0.05) is 6.07 Å². The summed E-state index contributed by atoms with van der Waals surface area (Å²) in [6.07, 6.45) is 1.10. The molecule has 0 atom stereocenters. The molecule has 1 aliphatic heterocycles. The number of thiazole rings is 1. The van der Waals surface area contributed by atoms with Crippen molar-refractivity contribution in [2.45, 2.75) is 12.8 Å². The average molecular weight is 304 g/mol. The Kier molecular flexibility index (Phi) is 4.35. The van der Waals surface area contributed by atoms with Crippen molar-refractivity contribution in [2.75, 3.05) is 19.8 Å². The maximum absolute atomic E-state index is 11.9. The predicted octanol–water partition coefficient (Wildman–Crippen LogP) is 1.82. The van der Waals surface area contributed by atoms with Gasteiger partial charge in [0.25, 0.3) is 0 Å². The molecule has 0 saturated heterocycles. The summed E-state index contributed by atoms with van der Waals surface area (Å²) in [5.41, 5.74) is 3.73. The van der Waals surface area contributed by atoms with Crippen LogP contribution in [0.4, 0.5) is 0 Å². The maximum atomic E-state index is 11.9. The number of carbonyl (C=O) groups is 1. The highest BCUT2D eigenvalue weighted by molar-refractivity contribution is 7.07. The first-order valence-corrected chi connectivity index (χ1v) is 7.78. The molecule has 1 N–H and O–H groups in total. The number of fused-ring (bicyclic) bond motifs is 1. The summed E-state index contributed by atoms with van der Waals surface area (Å²) in [6.45, 7) is 1.73. The molecule has 6 heteroatoms. The SMILES string of the molecule is O=C(Cc1ccc2c(c1)OCCO2)NCCc1cscn1. The molecule has 0 bridgehead atoms. The second-order valence-electron chi connectivity index (χ2n) is 4.73. The highest BCUT2D eigenvalue weighted by Crippen LogP contribution is 2.30. The van der Waals surface area contributed by atoms with Crippen LogP contribution >= 0.6 is 11.3 Å². The first-order valence-electron chi connectivity index (χ1n) is 6.83. The van der Waals surface area contributed by atoms with Crippen LogP contribution in [-0.4, -0.2) is 30.6 Å². The van der Waals surface area contributed by atoms with Crippen LogP contribution in [0, 0.1) is 0 Å². The number of aromatic nitrogens is 1. The molecule has 21 heavy (non-hydrogen) atoms. The molecule has 0 saturated carbocycles. The third-order valence-corrected chi connectivity index (χ3v) is 3.79. The third-order valence-electron chi connectivity index (χ3n) is 3.16. The van der Waals surface area contributed by atoms with E-state index in [0.29, 0.717) is 31.9 Å². The van der Waals surface area contributed by atoms with Gasteiger partial charge in [0, 0.05) is 18.3 Å². The molecule has 0 spiro atoms. The van der Waals surface area contributed by atoms with Gasteiger partial charge in [-0.15, -0.1) is 11.3 Å². The predicted molar refractivity (Wildman–Crippen MR) is 80.0 cm³/mol. The highest BCUT2D eigenvalue weighted by Gasteiger charge is 2.13. The van der Waals surface area contributed by atoms with E-state index in [1.165, 1.54) is 0 Å². The Balaban J connectivity index is 1.50. The van der Waals surface area contributed by atoms with Crippen molar-refractivity contribution in [1.82, 2.24) is 10.3 Å². The largest absolute Gasteiger partial charge is 0.486 e. The zero-order valence-corrected chi connectivity index (χ0v) is 12.3. The summed E-state index contributed by atoms with van der Waals surface area (Å²) < 4.78 is 11.0. The molecular formula is C15H16N2O3S. The van der Waals surface area contributed by atoms with Gasteiger partial charge in [-0.2, -0.15) is 0 Å².